The molecule has 0 radical (unpaired) electrons. The van der Waals surface area contributed by atoms with Gasteiger partial charge in [-0.2, -0.15) is 0 Å². The number of imide groups is 1. The highest BCUT2D eigenvalue weighted by atomic mass is 79.9. The van der Waals surface area contributed by atoms with Crippen LogP contribution in [0.15, 0.2) is 59.7 Å². The average molecular weight is 529 g/mol. The van der Waals surface area contributed by atoms with E-state index in [4.69, 9.17) is 0 Å². The van der Waals surface area contributed by atoms with Crippen LogP contribution >= 0.6 is 15.9 Å². The van der Waals surface area contributed by atoms with E-state index in [1.165, 1.54) is 0 Å². The number of benzene rings is 2. The van der Waals surface area contributed by atoms with Crippen molar-refractivity contribution in [2.45, 2.75) is 19.5 Å². The molecule has 6 nitrogen and oxygen atoms in total. The molecule has 0 unspecified atom stereocenters. The van der Waals surface area contributed by atoms with E-state index in [0.717, 1.165) is 23.0 Å². The molecule has 0 fully saturated rings. The normalized spacial score (nSPS) is 13.9. The predicted molar refractivity (Wildman–Crippen MR) is 123 cm³/mol. The van der Waals surface area contributed by atoms with Gasteiger partial charge in [-0.05, 0) is 30.7 Å². The molecule has 2 aromatic heterocycles. The van der Waals surface area contributed by atoms with Crippen molar-refractivity contribution in [2.24, 2.45) is 0 Å². The summed E-state index contributed by atoms with van der Waals surface area (Å²) in [4.78, 5) is 29.5. The number of hydrogen-bond acceptors (Lipinski definition) is 3. The van der Waals surface area contributed by atoms with Crippen LogP contribution in [0.1, 0.15) is 17.5 Å². The van der Waals surface area contributed by atoms with E-state index in [-0.39, 0.29) is 11.1 Å². The Morgan fingerprint density at radius 3 is 2.38 bits per heavy atom. The third-order valence-corrected chi connectivity index (χ3v) is 6.19. The fourth-order valence-electron chi connectivity index (χ4n) is 4.18. The van der Waals surface area contributed by atoms with Gasteiger partial charge in [-0.15, -0.1) is 0 Å². The first-order valence-corrected chi connectivity index (χ1v) is 11.1. The van der Waals surface area contributed by atoms with Crippen LogP contribution < -0.4 is 5.32 Å². The molecule has 172 valence electrons. The van der Waals surface area contributed by atoms with Crippen molar-refractivity contribution in [3.8, 4) is 0 Å². The highest BCUT2D eigenvalue weighted by Gasteiger charge is 2.35. The number of hydrogen-bond donors (Lipinski definition) is 1. The standard InChI is InChI=1S/C24H16BrF3N4O2/c25-13-2-3-20-14(8-13)16(11-32(20)6-1-5-31-7-4-29-12-31)22-21(23(33)30-24(22)34)15-9-18(27)19(28)10-17(15)26/h2-4,7-12H,1,5-6H2,(H,30,33,34). The van der Waals surface area contributed by atoms with Gasteiger partial charge in [0.25, 0.3) is 11.8 Å². The number of fused-ring (bicyclic) bond motifs is 1. The average Bonchev–Trinajstić information content (AvgIpc) is 3.49. The largest absolute Gasteiger partial charge is 0.347 e. The van der Waals surface area contributed by atoms with Crippen LogP contribution in [-0.2, 0) is 22.7 Å². The summed E-state index contributed by atoms with van der Waals surface area (Å²) in [5, 5.41) is 2.81. The van der Waals surface area contributed by atoms with Crippen molar-refractivity contribution in [3.05, 3.63) is 88.3 Å². The van der Waals surface area contributed by atoms with Crippen molar-refractivity contribution < 1.29 is 22.8 Å². The van der Waals surface area contributed by atoms with Gasteiger partial charge in [0.15, 0.2) is 11.6 Å². The first kappa shape index (κ1) is 22.1. The van der Waals surface area contributed by atoms with Gasteiger partial charge in [-0.3, -0.25) is 14.9 Å². The second kappa shape index (κ2) is 8.60. The van der Waals surface area contributed by atoms with Gasteiger partial charge in [0.2, 0.25) is 0 Å². The summed E-state index contributed by atoms with van der Waals surface area (Å²) in [5.74, 6) is -5.45. The summed E-state index contributed by atoms with van der Waals surface area (Å²) in [6.07, 6.45) is 7.75. The molecule has 0 atom stereocenters. The molecule has 0 spiro atoms. The molecular weight excluding hydrogens is 513 g/mol. The van der Waals surface area contributed by atoms with E-state index < -0.39 is 34.8 Å². The number of aryl methyl sites for hydroxylation is 2. The Bertz CT molecular complexity index is 1490. The molecule has 34 heavy (non-hydrogen) atoms. The molecular formula is C24H16BrF3N4O2. The molecule has 1 N–H and O–H groups in total. The zero-order valence-corrected chi connectivity index (χ0v) is 19.1. The van der Waals surface area contributed by atoms with Gasteiger partial charge in [0, 0.05) is 64.2 Å². The monoisotopic (exact) mass is 528 g/mol. The Hall–Kier alpha value is -3.66. The number of imidazole rings is 1. The maximum atomic E-state index is 14.6. The molecule has 0 saturated carbocycles. The summed E-state index contributed by atoms with van der Waals surface area (Å²) in [7, 11) is 0. The molecule has 1 aliphatic heterocycles. The molecule has 0 aliphatic carbocycles. The van der Waals surface area contributed by atoms with E-state index in [9.17, 15) is 22.8 Å². The van der Waals surface area contributed by atoms with Crippen LogP contribution in [0.3, 0.4) is 0 Å². The number of amides is 2. The van der Waals surface area contributed by atoms with Crippen LogP contribution in [0.2, 0.25) is 0 Å². The summed E-state index contributed by atoms with van der Waals surface area (Å²) >= 11 is 3.43. The highest BCUT2D eigenvalue weighted by molar-refractivity contribution is 9.10. The topological polar surface area (TPSA) is 68.9 Å². The van der Waals surface area contributed by atoms with Crippen LogP contribution in [0.5, 0.6) is 0 Å². The van der Waals surface area contributed by atoms with Gasteiger partial charge in [0.1, 0.15) is 5.82 Å². The maximum absolute atomic E-state index is 14.6. The number of carbonyl (C=O) groups excluding carboxylic acids is 2. The fraction of sp³-hybridized carbons (Fsp3) is 0.125. The summed E-state index contributed by atoms with van der Waals surface area (Å²) < 4.78 is 46.7. The lowest BCUT2D eigenvalue weighted by atomic mass is 9.95. The van der Waals surface area contributed by atoms with Gasteiger partial charge in [-0.25, -0.2) is 18.2 Å². The molecule has 10 heteroatoms. The molecule has 0 saturated heterocycles. The lowest BCUT2D eigenvalue weighted by molar-refractivity contribution is -0.122. The summed E-state index contributed by atoms with van der Waals surface area (Å²) in [5.41, 5.74) is 0.286. The SMILES string of the molecule is O=C1NC(=O)C(c2cn(CCCn3ccnc3)c3ccc(Br)cc23)=C1c1cc(F)c(F)cc1F. The third kappa shape index (κ3) is 3.83. The zero-order chi connectivity index (χ0) is 24.0. The van der Waals surface area contributed by atoms with Crippen LogP contribution in [0.4, 0.5) is 13.2 Å². The summed E-state index contributed by atoms with van der Waals surface area (Å²) in [6, 6.07) is 6.47. The van der Waals surface area contributed by atoms with E-state index in [2.05, 4.69) is 26.2 Å². The third-order valence-electron chi connectivity index (χ3n) is 5.70. The Morgan fingerprint density at radius 2 is 1.65 bits per heavy atom. The first-order chi connectivity index (χ1) is 16.3. The molecule has 4 aromatic rings. The van der Waals surface area contributed by atoms with E-state index in [1.807, 2.05) is 27.5 Å². The number of halogens is 4. The van der Waals surface area contributed by atoms with Crippen molar-refractivity contribution in [2.75, 3.05) is 0 Å². The van der Waals surface area contributed by atoms with Crippen molar-refractivity contribution in [1.82, 2.24) is 19.4 Å². The lowest BCUT2D eigenvalue weighted by Crippen LogP contribution is -2.23. The molecule has 5 rings (SSSR count). The smallest absolute Gasteiger partial charge is 0.259 e. The van der Waals surface area contributed by atoms with Gasteiger partial charge in [0.05, 0.1) is 17.5 Å². The minimum atomic E-state index is -1.38. The molecule has 0 bridgehead atoms. The van der Waals surface area contributed by atoms with E-state index >= 15 is 0 Å². The highest BCUT2D eigenvalue weighted by Crippen LogP contribution is 2.38. The number of rotatable bonds is 6. The number of aromatic nitrogens is 3. The number of nitrogens with one attached hydrogen (secondary N) is 1. The second-order valence-corrected chi connectivity index (χ2v) is 8.75. The van der Waals surface area contributed by atoms with Crippen LogP contribution in [-0.4, -0.2) is 25.9 Å². The first-order valence-electron chi connectivity index (χ1n) is 10.3. The van der Waals surface area contributed by atoms with Crippen LogP contribution in [0, 0.1) is 17.5 Å². The van der Waals surface area contributed by atoms with Crippen molar-refractivity contribution in [1.29, 1.82) is 0 Å². The van der Waals surface area contributed by atoms with Crippen molar-refractivity contribution >= 4 is 49.8 Å². The second-order valence-electron chi connectivity index (χ2n) is 7.83. The zero-order valence-electron chi connectivity index (χ0n) is 17.5. The van der Waals surface area contributed by atoms with E-state index in [0.29, 0.717) is 29.6 Å². The Kier molecular flexibility index (Phi) is 5.60. The number of carbonyl (C=O) groups is 2. The maximum Gasteiger partial charge on any atom is 0.259 e. The van der Waals surface area contributed by atoms with E-state index in [1.54, 1.807) is 24.8 Å². The minimum absolute atomic E-state index is 0.0913. The van der Waals surface area contributed by atoms with Gasteiger partial charge < -0.3 is 9.13 Å². The predicted octanol–water partition coefficient (Wildman–Crippen LogP) is 4.68. The van der Waals surface area contributed by atoms with Gasteiger partial charge >= 0.3 is 0 Å². The summed E-state index contributed by atoms with van der Waals surface area (Å²) in [6.45, 7) is 1.31. The molecule has 2 aromatic carbocycles. The van der Waals surface area contributed by atoms with Crippen LogP contribution in [0.25, 0.3) is 22.0 Å². The van der Waals surface area contributed by atoms with Gasteiger partial charge in [-0.1, -0.05) is 15.9 Å². The quantitative estimate of drug-likeness (QED) is 0.292. The molecule has 2 amide bonds. The number of nitrogens with zero attached hydrogens (tertiary/aromatic N) is 3. The molecule has 3 heterocycles. The molecule has 1 aliphatic rings. The Labute approximate surface area is 199 Å². The van der Waals surface area contributed by atoms with Crippen molar-refractivity contribution in [3.63, 3.8) is 0 Å². The fourth-order valence-corrected chi connectivity index (χ4v) is 4.54. The lowest BCUT2D eigenvalue weighted by Gasteiger charge is -2.06. The Balaban J connectivity index is 1.66. The minimum Gasteiger partial charge on any atom is -0.347 e. The Morgan fingerprint density at radius 1 is 0.912 bits per heavy atom.